The van der Waals surface area contributed by atoms with Crippen LogP contribution >= 0.6 is 22.7 Å². The standard InChI is InChI=1S/C17H14FN3O5S3/c18-11-3-5-13(6-4-11)29(25,26)7-1-2-16(22)20-17-19-14(10-28-17)15-8-12(9-27-15)21(23)24/h3-6,8-10H,1-2,7H2,(H,19,20,22). The molecule has 29 heavy (non-hydrogen) atoms. The summed E-state index contributed by atoms with van der Waals surface area (Å²) in [6, 6.07) is 5.93. The SMILES string of the molecule is O=C(CCCS(=O)(=O)c1ccc(F)cc1)Nc1nc(-c2cc([N+](=O)[O-])cs2)cs1. The maximum absolute atomic E-state index is 12.9. The van der Waals surface area contributed by atoms with E-state index in [0.717, 1.165) is 12.1 Å². The van der Waals surface area contributed by atoms with Gasteiger partial charge in [-0.1, -0.05) is 0 Å². The highest BCUT2D eigenvalue weighted by atomic mass is 32.2. The van der Waals surface area contributed by atoms with Crippen LogP contribution in [0.25, 0.3) is 10.6 Å². The van der Waals surface area contributed by atoms with Crippen molar-refractivity contribution < 1.29 is 22.5 Å². The van der Waals surface area contributed by atoms with Gasteiger partial charge in [-0.15, -0.1) is 22.7 Å². The van der Waals surface area contributed by atoms with Crippen LogP contribution in [0.2, 0.25) is 0 Å². The van der Waals surface area contributed by atoms with Crippen LogP contribution in [0.4, 0.5) is 15.2 Å². The molecule has 0 saturated carbocycles. The fourth-order valence-corrected chi connectivity index (χ4v) is 5.29. The lowest BCUT2D eigenvalue weighted by Gasteiger charge is -2.04. The third-order valence-corrected chi connectivity index (χ3v) is 7.30. The average Bonchev–Trinajstić information content (AvgIpc) is 3.31. The smallest absolute Gasteiger partial charge is 0.280 e. The van der Waals surface area contributed by atoms with Crippen molar-refractivity contribution in [2.75, 3.05) is 11.1 Å². The molecule has 8 nitrogen and oxygen atoms in total. The van der Waals surface area contributed by atoms with E-state index in [1.54, 1.807) is 5.38 Å². The number of halogens is 1. The number of thiophene rings is 1. The lowest BCUT2D eigenvalue weighted by Crippen LogP contribution is -2.14. The molecule has 12 heteroatoms. The fourth-order valence-electron chi connectivity index (χ4n) is 2.36. The van der Waals surface area contributed by atoms with Crippen LogP contribution in [0.1, 0.15) is 12.8 Å². The largest absolute Gasteiger partial charge is 0.302 e. The number of aromatic nitrogens is 1. The van der Waals surface area contributed by atoms with Gasteiger partial charge in [-0.2, -0.15) is 0 Å². The first-order valence-corrected chi connectivity index (χ1v) is 11.6. The summed E-state index contributed by atoms with van der Waals surface area (Å²) in [6.45, 7) is 0. The lowest BCUT2D eigenvalue weighted by atomic mass is 10.3. The Morgan fingerprint density at radius 2 is 1.93 bits per heavy atom. The van der Waals surface area contributed by atoms with Gasteiger partial charge in [0.1, 0.15) is 5.82 Å². The number of hydrogen-bond donors (Lipinski definition) is 1. The Hall–Kier alpha value is -2.70. The Balaban J connectivity index is 1.52. The van der Waals surface area contributed by atoms with Gasteiger partial charge in [0.15, 0.2) is 15.0 Å². The number of amides is 1. The third kappa shape index (κ3) is 5.43. The van der Waals surface area contributed by atoms with Crippen molar-refractivity contribution in [3.8, 4) is 10.6 Å². The third-order valence-electron chi connectivity index (χ3n) is 3.79. The molecular weight excluding hydrogens is 441 g/mol. The molecule has 0 aliphatic heterocycles. The Labute approximate surface area is 173 Å². The van der Waals surface area contributed by atoms with Crippen LogP contribution in [-0.2, 0) is 14.6 Å². The van der Waals surface area contributed by atoms with Gasteiger partial charge < -0.3 is 5.32 Å². The van der Waals surface area contributed by atoms with Gasteiger partial charge in [0.25, 0.3) is 5.69 Å². The molecule has 3 rings (SSSR count). The summed E-state index contributed by atoms with van der Waals surface area (Å²) >= 11 is 2.35. The summed E-state index contributed by atoms with van der Waals surface area (Å²) < 4.78 is 37.3. The van der Waals surface area contributed by atoms with Crippen LogP contribution < -0.4 is 5.32 Å². The van der Waals surface area contributed by atoms with E-state index in [0.29, 0.717) is 15.7 Å². The highest BCUT2D eigenvalue weighted by Crippen LogP contribution is 2.32. The molecule has 0 unspecified atom stereocenters. The number of nitrogens with zero attached hydrogens (tertiary/aromatic N) is 2. The maximum atomic E-state index is 12.9. The van der Waals surface area contributed by atoms with Crippen molar-refractivity contribution in [2.24, 2.45) is 0 Å². The van der Waals surface area contributed by atoms with Crippen LogP contribution in [0.15, 0.2) is 46.0 Å². The van der Waals surface area contributed by atoms with E-state index < -0.39 is 26.5 Å². The zero-order valence-electron chi connectivity index (χ0n) is 14.7. The normalized spacial score (nSPS) is 11.3. The number of benzene rings is 1. The monoisotopic (exact) mass is 455 g/mol. The average molecular weight is 456 g/mol. The van der Waals surface area contributed by atoms with Crippen LogP contribution in [0, 0.1) is 15.9 Å². The molecule has 0 spiro atoms. The van der Waals surface area contributed by atoms with Gasteiger partial charge in [-0.05, 0) is 30.7 Å². The number of sulfone groups is 1. The summed E-state index contributed by atoms with van der Waals surface area (Å²) in [6.07, 6.45) is 0.0701. The number of nitrogens with one attached hydrogen (secondary N) is 1. The van der Waals surface area contributed by atoms with Crippen molar-refractivity contribution >= 4 is 49.2 Å². The van der Waals surface area contributed by atoms with E-state index >= 15 is 0 Å². The summed E-state index contributed by atoms with van der Waals surface area (Å²) in [7, 11) is -3.60. The fraction of sp³-hybridized carbons (Fsp3) is 0.176. The molecule has 0 fully saturated rings. The first-order valence-electron chi connectivity index (χ1n) is 8.21. The van der Waals surface area contributed by atoms with Gasteiger partial charge in [0.05, 0.1) is 31.5 Å². The van der Waals surface area contributed by atoms with E-state index in [4.69, 9.17) is 0 Å². The molecule has 2 aromatic heterocycles. The molecule has 1 amide bonds. The first kappa shape index (κ1) is 21.0. The molecule has 2 heterocycles. The quantitative estimate of drug-likeness (QED) is 0.310. The number of thiazole rings is 1. The predicted molar refractivity (Wildman–Crippen MR) is 108 cm³/mol. The number of nitro groups is 1. The number of carbonyl (C=O) groups is 1. The van der Waals surface area contributed by atoms with E-state index in [2.05, 4.69) is 10.3 Å². The number of hydrogen-bond acceptors (Lipinski definition) is 8. The Morgan fingerprint density at radius 1 is 1.21 bits per heavy atom. The number of rotatable bonds is 8. The summed E-state index contributed by atoms with van der Waals surface area (Å²) in [5.74, 6) is -1.16. The number of carbonyl (C=O) groups excluding carboxylic acids is 1. The van der Waals surface area contributed by atoms with Gasteiger partial charge in [0.2, 0.25) is 5.91 Å². The molecule has 3 aromatic rings. The van der Waals surface area contributed by atoms with Crippen LogP contribution in [0.5, 0.6) is 0 Å². The molecule has 0 aliphatic rings. The highest BCUT2D eigenvalue weighted by Gasteiger charge is 2.17. The minimum absolute atomic E-state index is 0.00825. The van der Waals surface area contributed by atoms with Gasteiger partial charge in [0, 0.05) is 17.9 Å². The molecule has 1 aromatic carbocycles. The first-order chi connectivity index (χ1) is 13.7. The number of anilines is 1. The second kappa shape index (κ2) is 8.76. The second-order valence-corrected chi connectivity index (χ2v) is 9.77. The zero-order valence-corrected chi connectivity index (χ0v) is 17.2. The highest BCUT2D eigenvalue weighted by molar-refractivity contribution is 7.91. The Bertz CT molecular complexity index is 1140. The van der Waals surface area contributed by atoms with Gasteiger partial charge in [-0.3, -0.25) is 14.9 Å². The van der Waals surface area contributed by atoms with Crippen LogP contribution in [-0.4, -0.2) is 30.0 Å². The minimum atomic E-state index is -3.60. The molecule has 0 atom stereocenters. The predicted octanol–water partition coefficient (Wildman–Crippen LogP) is 4.11. The summed E-state index contributed by atoms with van der Waals surface area (Å²) in [4.78, 5) is 27.1. The second-order valence-electron chi connectivity index (χ2n) is 5.89. The Kier molecular flexibility index (Phi) is 6.35. The van der Waals surface area contributed by atoms with E-state index in [-0.39, 0.29) is 29.2 Å². The van der Waals surface area contributed by atoms with Crippen molar-refractivity contribution in [1.29, 1.82) is 0 Å². The van der Waals surface area contributed by atoms with Crippen molar-refractivity contribution in [1.82, 2.24) is 4.98 Å². The summed E-state index contributed by atoms with van der Waals surface area (Å²) in [5.41, 5.74) is 0.494. The summed E-state index contributed by atoms with van der Waals surface area (Å²) in [5, 5.41) is 16.7. The Morgan fingerprint density at radius 3 is 2.59 bits per heavy atom. The minimum Gasteiger partial charge on any atom is -0.302 e. The molecular formula is C17H14FN3O5S3. The van der Waals surface area contributed by atoms with Gasteiger partial charge in [-0.25, -0.2) is 17.8 Å². The van der Waals surface area contributed by atoms with E-state index in [9.17, 15) is 27.7 Å². The molecule has 152 valence electrons. The van der Waals surface area contributed by atoms with E-state index in [1.807, 2.05) is 0 Å². The van der Waals surface area contributed by atoms with Crippen molar-refractivity contribution in [2.45, 2.75) is 17.7 Å². The zero-order chi connectivity index (χ0) is 21.0. The lowest BCUT2D eigenvalue weighted by molar-refractivity contribution is -0.384. The topological polar surface area (TPSA) is 119 Å². The van der Waals surface area contributed by atoms with Crippen molar-refractivity contribution in [3.05, 3.63) is 57.0 Å². The molecule has 0 aliphatic carbocycles. The molecule has 0 bridgehead atoms. The van der Waals surface area contributed by atoms with Crippen LogP contribution in [0.3, 0.4) is 0 Å². The molecule has 1 N–H and O–H groups in total. The molecule has 0 radical (unpaired) electrons. The maximum Gasteiger partial charge on any atom is 0.280 e. The molecule has 0 saturated heterocycles. The van der Waals surface area contributed by atoms with Crippen molar-refractivity contribution in [3.63, 3.8) is 0 Å². The van der Waals surface area contributed by atoms with Gasteiger partial charge >= 0.3 is 0 Å². The van der Waals surface area contributed by atoms with E-state index in [1.165, 1.54) is 46.3 Å².